The molecule has 2 aromatic heterocycles. The number of hydroxylamine groups is 1. The molecule has 2 aromatic carbocycles. The van der Waals surface area contributed by atoms with Crippen LogP contribution in [-0.2, 0) is 17.8 Å². The van der Waals surface area contributed by atoms with Crippen molar-refractivity contribution in [1.82, 2.24) is 24.8 Å². The van der Waals surface area contributed by atoms with Crippen molar-refractivity contribution in [3.63, 3.8) is 0 Å². The third-order valence-electron chi connectivity index (χ3n) is 8.23. The SMILES string of the molecule is O=C(NO)c1ccc(Cn2ccc3cc(C4CCN(C(=O)c5cccc(CN6CCOCC6)c5)CC4)cnc32)cc1. The summed E-state index contributed by atoms with van der Waals surface area (Å²) in [6.45, 7) is 6.35. The van der Waals surface area contributed by atoms with Crippen molar-refractivity contribution in [1.29, 1.82) is 0 Å². The van der Waals surface area contributed by atoms with E-state index in [1.165, 1.54) is 11.1 Å². The maximum absolute atomic E-state index is 13.3. The van der Waals surface area contributed by atoms with E-state index in [4.69, 9.17) is 14.9 Å². The van der Waals surface area contributed by atoms with Gasteiger partial charge in [-0.3, -0.25) is 19.7 Å². The maximum atomic E-state index is 13.3. The average molecular weight is 554 g/mol. The van der Waals surface area contributed by atoms with Crippen LogP contribution in [0.5, 0.6) is 0 Å². The van der Waals surface area contributed by atoms with Crippen LogP contribution >= 0.6 is 0 Å². The minimum atomic E-state index is -0.527. The van der Waals surface area contributed by atoms with Crippen molar-refractivity contribution in [3.05, 3.63) is 101 Å². The predicted octanol–water partition coefficient (Wildman–Crippen LogP) is 4.06. The molecule has 4 aromatic rings. The van der Waals surface area contributed by atoms with Gasteiger partial charge >= 0.3 is 0 Å². The topological polar surface area (TPSA) is 99.9 Å². The van der Waals surface area contributed by atoms with E-state index in [1.54, 1.807) is 17.6 Å². The Morgan fingerprint density at radius 3 is 2.44 bits per heavy atom. The number of fused-ring (bicyclic) bond motifs is 1. The number of carbonyl (C=O) groups excluding carboxylic acids is 2. The molecule has 4 heterocycles. The molecule has 6 rings (SSSR count). The second-order valence-corrected chi connectivity index (χ2v) is 10.9. The molecule has 0 unspecified atom stereocenters. The maximum Gasteiger partial charge on any atom is 0.274 e. The number of nitrogens with one attached hydrogen (secondary N) is 1. The van der Waals surface area contributed by atoms with E-state index in [1.807, 2.05) is 47.6 Å². The Morgan fingerprint density at radius 2 is 1.68 bits per heavy atom. The standard InChI is InChI=1S/C32H35N5O4/c38-31(34-40)26-6-4-23(5-7-26)22-37-13-10-27-19-29(20-33-30(27)37)25-8-11-36(12-9-25)32(39)28-3-1-2-24(18-28)21-35-14-16-41-17-15-35/h1-7,10,13,18-20,25,40H,8-9,11-12,14-17,21-22H2,(H,34,38). The first-order valence-corrected chi connectivity index (χ1v) is 14.2. The fourth-order valence-electron chi connectivity index (χ4n) is 5.89. The lowest BCUT2D eigenvalue weighted by molar-refractivity contribution is 0.0341. The number of morpholine rings is 1. The largest absolute Gasteiger partial charge is 0.379 e. The van der Waals surface area contributed by atoms with Crippen LogP contribution in [0.3, 0.4) is 0 Å². The molecule has 212 valence electrons. The van der Waals surface area contributed by atoms with Gasteiger partial charge in [0.05, 0.1) is 13.2 Å². The normalized spacial score (nSPS) is 16.7. The summed E-state index contributed by atoms with van der Waals surface area (Å²) < 4.78 is 7.54. The molecule has 9 nitrogen and oxygen atoms in total. The third-order valence-corrected chi connectivity index (χ3v) is 8.23. The number of likely N-dealkylation sites (tertiary alicyclic amines) is 1. The zero-order valence-electron chi connectivity index (χ0n) is 23.0. The zero-order valence-corrected chi connectivity index (χ0v) is 23.0. The Kier molecular flexibility index (Phi) is 8.09. The smallest absolute Gasteiger partial charge is 0.274 e. The number of hydrogen-bond acceptors (Lipinski definition) is 6. The van der Waals surface area contributed by atoms with E-state index in [9.17, 15) is 9.59 Å². The molecule has 2 saturated heterocycles. The van der Waals surface area contributed by atoms with Crippen molar-refractivity contribution in [3.8, 4) is 0 Å². The number of piperidine rings is 1. The zero-order chi connectivity index (χ0) is 28.2. The highest BCUT2D eigenvalue weighted by Crippen LogP contribution is 2.30. The number of ether oxygens (including phenoxy) is 1. The fourth-order valence-corrected chi connectivity index (χ4v) is 5.89. The van der Waals surface area contributed by atoms with Gasteiger partial charge in [0.2, 0.25) is 0 Å². The Labute approximate surface area is 239 Å². The summed E-state index contributed by atoms with van der Waals surface area (Å²) in [5.74, 6) is -0.0406. The second kappa shape index (κ2) is 12.2. The van der Waals surface area contributed by atoms with Gasteiger partial charge in [-0.05, 0) is 71.8 Å². The van der Waals surface area contributed by atoms with Crippen LogP contribution < -0.4 is 5.48 Å². The van der Waals surface area contributed by atoms with Crippen molar-refractivity contribution in [2.75, 3.05) is 39.4 Å². The van der Waals surface area contributed by atoms with Crippen LogP contribution in [-0.4, -0.2) is 75.8 Å². The number of rotatable bonds is 7. The van der Waals surface area contributed by atoms with Gasteiger partial charge in [-0.25, -0.2) is 10.5 Å². The number of nitrogens with zero attached hydrogens (tertiary/aromatic N) is 4. The molecule has 0 atom stereocenters. The first kappa shape index (κ1) is 27.1. The van der Waals surface area contributed by atoms with Crippen LogP contribution in [0, 0.1) is 0 Å². The molecular weight excluding hydrogens is 518 g/mol. The first-order valence-electron chi connectivity index (χ1n) is 14.2. The van der Waals surface area contributed by atoms with Gasteiger partial charge < -0.3 is 14.2 Å². The average Bonchev–Trinajstić information content (AvgIpc) is 3.43. The van der Waals surface area contributed by atoms with E-state index < -0.39 is 5.91 Å². The lowest BCUT2D eigenvalue weighted by Crippen LogP contribution is -2.38. The fraction of sp³-hybridized carbons (Fsp3) is 0.344. The highest BCUT2D eigenvalue weighted by atomic mass is 16.5. The molecule has 0 aliphatic carbocycles. The molecule has 0 spiro atoms. The van der Waals surface area contributed by atoms with E-state index in [-0.39, 0.29) is 5.91 Å². The van der Waals surface area contributed by atoms with E-state index in [0.717, 1.165) is 80.9 Å². The predicted molar refractivity (Wildman–Crippen MR) is 155 cm³/mol. The van der Waals surface area contributed by atoms with Gasteiger partial charge in [-0.2, -0.15) is 0 Å². The molecule has 0 radical (unpaired) electrons. The summed E-state index contributed by atoms with van der Waals surface area (Å²) in [6, 6.07) is 19.5. The van der Waals surface area contributed by atoms with Crippen molar-refractivity contribution >= 4 is 22.8 Å². The number of benzene rings is 2. The van der Waals surface area contributed by atoms with Gasteiger partial charge in [0.15, 0.2) is 0 Å². The number of aromatic nitrogens is 2. The molecule has 2 amide bonds. The summed E-state index contributed by atoms with van der Waals surface area (Å²) in [6.07, 6.45) is 5.84. The van der Waals surface area contributed by atoms with E-state index in [2.05, 4.69) is 27.7 Å². The van der Waals surface area contributed by atoms with Crippen molar-refractivity contribution in [2.45, 2.75) is 31.8 Å². The lowest BCUT2D eigenvalue weighted by Gasteiger charge is -2.32. The molecule has 0 bridgehead atoms. The molecule has 0 saturated carbocycles. The van der Waals surface area contributed by atoms with Gasteiger partial charge in [0.1, 0.15) is 5.65 Å². The molecular formula is C32H35N5O4. The quantitative estimate of drug-likeness (QED) is 0.265. The van der Waals surface area contributed by atoms with E-state index in [0.29, 0.717) is 18.0 Å². The molecule has 2 aliphatic heterocycles. The van der Waals surface area contributed by atoms with Crippen LogP contribution in [0.15, 0.2) is 73.1 Å². The third kappa shape index (κ3) is 6.17. The number of hydrogen-bond donors (Lipinski definition) is 2. The minimum absolute atomic E-state index is 0.114. The van der Waals surface area contributed by atoms with Gasteiger partial charge in [0.25, 0.3) is 11.8 Å². The highest BCUT2D eigenvalue weighted by molar-refractivity contribution is 5.94. The van der Waals surface area contributed by atoms with Crippen molar-refractivity contribution in [2.24, 2.45) is 0 Å². The monoisotopic (exact) mass is 553 g/mol. The Morgan fingerprint density at radius 1 is 0.902 bits per heavy atom. The number of carbonyl (C=O) groups is 2. The second-order valence-electron chi connectivity index (χ2n) is 10.9. The van der Waals surface area contributed by atoms with Crippen LogP contribution in [0.25, 0.3) is 11.0 Å². The molecule has 2 N–H and O–H groups in total. The number of pyridine rings is 1. The molecule has 41 heavy (non-hydrogen) atoms. The number of amides is 2. The lowest BCUT2D eigenvalue weighted by atomic mass is 9.90. The Balaban J connectivity index is 1.06. The van der Waals surface area contributed by atoms with Crippen LogP contribution in [0.1, 0.15) is 56.2 Å². The summed E-state index contributed by atoms with van der Waals surface area (Å²) >= 11 is 0. The minimum Gasteiger partial charge on any atom is -0.379 e. The van der Waals surface area contributed by atoms with Crippen LogP contribution in [0.4, 0.5) is 0 Å². The van der Waals surface area contributed by atoms with Gasteiger partial charge in [0, 0.05) is 68.2 Å². The van der Waals surface area contributed by atoms with E-state index >= 15 is 0 Å². The molecule has 2 fully saturated rings. The Bertz CT molecular complexity index is 1520. The summed E-state index contributed by atoms with van der Waals surface area (Å²) in [5.41, 5.74) is 7.16. The summed E-state index contributed by atoms with van der Waals surface area (Å²) in [4.78, 5) is 34.1. The van der Waals surface area contributed by atoms with Gasteiger partial charge in [-0.1, -0.05) is 24.3 Å². The Hall–Kier alpha value is -4.05. The van der Waals surface area contributed by atoms with Gasteiger partial charge in [-0.15, -0.1) is 0 Å². The molecule has 9 heteroatoms. The van der Waals surface area contributed by atoms with Crippen LogP contribution in [0.2, 0.25) is 0 Å². The first-order chi connectivity index (χ1) is 20.1. The summed E-state index contributed by atoms with van der Waals surface area (Å²) in [5, 5.41) is 9.90. The molecule has 2 aliphatic rings. The van der Waals surface area contributed by atoms with Crippen molar-refractivity contribution < 1.29 is 19.5 Å². The summed E-state index contributed by atoms with van der Waals surface area (Å²) in [7, 11) is 0. The highest BCUT2D eigenvalue weighted by Gasteiger charge is 2.25.